The lowest BCUT2D eigenvalue weighted by Gasteiger charge is -2.44. The molecular weight excluding hydrogens is 294 g/mol. The Balaban J connectivity index is 2.01. The number of hydrogen-bond donors (Lipinski definition) is 1. The Morgan fingerprint density at radius 1 is 1.22 bits per heavy atom. The number of nitrogens with two attached hydrogens (primary N) is 1. The van der Waals surface area contributed by atoms with Gasteiger partial charge in [0.1, 0.15) is 5.60 Å². The second kappa shape index (κ2) is 6.67. The highest BCUT2D eigenvalue weighted by Gasteiger charge is 2.43. The molecule has 1 atom stereocenters. The number of carbonyl (C=O) groups excluding carboxylic acids is 2. The Kier molecular flexibility index (Phi) is 5.23. The van der Waals surface area contributed by atoms with E-state index in [1.807, 2.05) is 25.7 Å². The van der Waals surface area contributed by atoms with Gasteiger partial charge in [-0.05, 0) is 33.6 Å². The summed E-state index contributed by atoms with van der Waals surface area (Å²) in [6, 6.07) is -0.124. The summed E-state index contributed by atoms with van der Waals surface area (Å²) in [6.07, 6.45) is 3.82. The van der Waals surface area contributed by atoms with Crippen LogP contribution in [0.15, 0.2) is 0 Å². The van der Waals surface area contributed by atoms with E-state index in [1.165, 1.54) is 0 Å². The fraction of sp³-hybridized carbons (Fsp3) is 0.882. The maximum Gasteiger partial charge on any atom is 0.410 e. The predicted octanol–water partition coefficient (Wildman–Crippen LogP) is 1.97. The minimum Gasteiger partial charge on any atom is -0.444 e. The molecule has 0 aromatic rings. The summed E-state index contributed by atoms with van der Waals surface area (Å²) in [6.45, 7) is 9.48. The van der Waals surface area contributed by atoms with E-state index < -0.39 is 5.60 Å². The molecule has 0 radical (unpaired) electrons. The van der Waals surface area contributed by atoms with Crippen molar-refractivity contribution in [1.82, 2.24) is 9.80 Å². The molecule has 0 spiro atoms. The van der Waals surface area contributed by atoms with Gasteiger partial charge in [0.05, 0.1) is 6.04 Å². The zero-order valence-corrected chi connectivity index (χ0v) is 14.9. The number of ether oxygens (including phenoxy) is 1. The summed E-state index contributed by atoms with van der Waals surface area (Å²) in [5.74, 6) is 0.203. The second-order valence-electron chi connectivity index (χ2n) is 8.08. The Bertz CT molecular complexity index is 452. The van der Waals surface area contributed by atoms with E-state index in [2.05, 4.69) is 6.92 Å². The third-order valence-electron chi connectivity index (χ3n) is 4.89. The predicted molar refractivity (Wildman–Crippen MR) is 88.9 cm³/mol. The molecule has 2 amide bonds. The first kappa shape index (κ1) is 18.0. The van der Waals surface area contributed by atoms with Crippen LogP contribution >= 0.6 is 0 Å². The standard InChI is InChI=1S/C17H31N3O3/c1-16(2,3)23-15(22)19-9-10-20(13(11-18)12-19)14(21)17(4)7-5-6-8-17/h13H,5-12,18H2,1-4H3. The minimum atomic E-state index is -0.514. The van der Waals surface area contributed by atoms with Gasteiger partial charge in [-0.1, -0.05) is 19.8 Å². The monoisotopic (exact) mass is 325 g/mol. The zero-order valence-electron chi connectivity index (χ0n) is 14.9. The molecule has 1 heterocycles. The molecule has 2 rings (SSSR count). The van der Waals surface area contributed by atoms with Crippen molar-refractivity contribution in [3.8, 4) is 0 Å². The van der Waals surface area contributed by atoms with Crippen LogP contribution < -0.4 is 5.73 Å². The van der Waals surface area contributed by atoms with E-state index in [0.717, 1.165) is 25.7 Å². The zero-order chi connectivity index (χ0) is 17.3. The van der Waals surface area contributed by atoms with Gasteiger partial charge >= 0.3 is 6.09 Å². The fourth-order valence-electron chi connectivity index (χ4n) is 3.53. The average molecular weight is 325 g/mol. The summed E-state index contributed by atoms with van der Waals surface area (Å²) in [5, 5.41) is 0. The van der Waals surface area contributed by atoms with E-state index >= 15 is 0 Å². The Hall–Kier alpha value is -1.30. The Labute approximate surface area is 139 Å². The molecule has 23 heavy (non-hydrogen) atoms. The first-order valence-corrected chi connectivity index (χ1v) is 8.65. The van der Waals surface area contributed by atoms with Gasteiger partial charge < -0.3 is 20.3 Å². The van der Waals surface area contributed by atoms with Crippen molar-refractivity contribution < 1.29 is 14.3 Å². The summed E-state index contributed by atoms with van der Waals surface area (Å²) in [4.78, 5) is 28.7. The van der Waals surface area contributed by atoms with Crippen molar-refractivity contribution in [2.45, 2.75) is 65.0 Å². The molecule has 1 aliphatic carbocycles. The molecule has 132 valence electrons. The summed E-state index contributed by atoms with van der Waals surface area (Å²) >= 11 is 0. The molecule has 1 aliphatic heterocycles. The largest absolute Gasteiger partial charge is 0.444 e. The molecule has 6 heteroatoms. The van der Waals surface area contributed by atoms with Crippen LogP contribution in [-0.4, -0.2) is 59.6 Å². The van der Waals surface area contributed by atoms with Crippen molar-refractivity contribution in [3.05, 3.63) is 0 Å². The molecule has 0 aromatic carbocycles. The Morgan fingerprint density at radius 2 is 1.83 bits per heavy atom. The number of nitrogens with zero attached hydrogens (tertiary/aromatic N) is 2. The molecule has 2 N–H and O–H groups in total. The third kappa shape index (κ3) is 4.16. The highest BCUT2D eigenvalue weighted by molar-refractivity contribution is 5.83. The van der Waals surface area contributed by atoms with Crippen molar-refractivity contribution in [1.29, 1.82) is 0 Å². The first-order valence-electron chi connectivity index (χ1n) is 8.65. The van der Waals surface area contributed by atoms with Crippen LogP contribution in [0.2, 0.25) is 0 Å². The Morgan fingerprint density at radius 3 is 2.35 bits per heavy atom. The average Bonchev–Trinajstić information content (AvgIpc) is 2.92. The van der Waals surface area contributed by atoms with Gasteiger partial charge in [-0.2, -0.15) is 0 Å². The fourth-order valence-corrected chi connectivity index (χ4v) is 3.53. The third-order valence-corrected chi connectivity index (χ3v) is 4.89. The lowest BCUT2D eigenvalue weighted by atomic mass is 9.86. The molecule has 1 unspecified atom stereocenters. The molecule has 2 fully saturated rings. The topological polar surface area (TPSA) is 75.9 Å². The van der Waals surface area contributed by atoms with Crippen LogP contribution in [0.5, 0.6) is 0 Å². The van der Waals surface area contributed by atoms with Crippen molar-refractivity contribution >= 4 is 12.0 Å². The van der Waals surface area contributed by atoms with Crippen LogP contribution in [0.25, 0.3) is 0 Å². The van der Waals surface area contributed by atoms with E-state index in [1.54, 1.807) is 4.90 Å². The van der Waals surface area contributed by atoms with E-state index in [-0.39, 0.29) is 23.5 Å². The number of piperazine rings is 1. The quantitative estimate of drug-likeness (QED) is 0.842. The summed E-state index contributed by atoms with van der Waals surface area (Å²) in [5.41, 5.74) is 5.13. The van der Waals surface area contributed by atoms with E-state index in [9.17, 15) is 9.59 Å². The van der Waals surface area contributed by atoms with Gasteiger partial charge in [0.15, 0.2) is 0 Å². The van der Waals surface area contributed by atoms with E-state index in [0.29, 0.717) is 26.2 Å². The van der Waals surface area contributed by atoms with Gasteiger partial charge in [-0.3, -0.25) is 4.79 Å². The van der Waals surface area contributed by atoms with Crippen molar-refractivity contribution in [3.63, 3.8) is 0 Å². The molecule has 1 saturated heterocycles. The smallest absolute Gasteiger partial charge is 0.410 e. The summed E-state index contributed by atoms with van der Waals surface area (Å²) < 4.78 is 5.43. The maximum absolute atomic E-state index is 12.9. The second-order valence-corrected chi connectivity index (χ2v) is 8.08. The van der Waals surface area contributed by atoms with Gasteiger partial charge in [0.2, 0.25) is 5.91 Å². The number of hydrogen-bond acceptors (Lipinski definition) is 4. The highest BCUT2D eigenvalue weighted by Crippen LogP contribution is 2.39. The lowest BCUT2D eigenvalue weighted by molar-refractivity contribution is -0.145. The maximum atomic E-state index is 12.9. The SMILES string of the molecule is CC(C)(C)OC(=O)N1CCN(C(=O)C2(C)CCCC2)C(CN)C1. The number of rotatable bonds is 2. The van der Waals surface area contributed by atoms with Gasteiger partial charge in [0, 0.05) is 31.6 Å². The van der Waals surface area contributed by atoms with Gasteiger partial charge in [-0.15, -0.1) is 0 Å². The number of carbonyl (C=O) groups is 2. The van der Waals surface area contributed by atoms with Crippen molar-refractivity contribution in [2.75, 3.05) is 26.2 Å². The molecule has 2 aliphatic rings. The summed E-state index contributed by atoms with van der Waals surface area (Å²) in [7, 11) is 0. The molecule has 1 saturated carbocycles. The molecule has 0 bridgehead atoms. The number of amides is 2. The molecule has 0 aromatic heterocycles. The van der Waals surface area contributed by atoms with E-state index in [4.69, 9.17) is 10.5 Å². The highest BCUT2D eigenvalue weighted by atomic mass is 16.6. The van der Waals surface area contributed by atoms with Crippen molar-refractivity contribution in [2.24, 2.45) is 11.1 Å². The van der Waals surface area contributed by atoms with Crippen LogP contribution in [0.3, 0.4) is 0 Å². The first-order chi connectivity index (χ1) is 10.7. The van der Waals surface area contributed by atoms with Crippen LogP contribution in [-0.2, 0) is 9.53 Å². The minimum absolute atomic E-state index is 0.124. The molecular formula is C17H31N3O3. The van der Waals surface area contributed by atoms with Crippen LogP contribution in [0.4, 0.5) is 4.79 Å². The van der Waals surface area contributed by atoms with Crippen LogP contribution in [0.1, 0.15) is 53.4 Å². The van der Waals surface area contributed by atoms with Gasteiger partial charge in [-0.25, -0.2) is 4.79 Å². The normalized spacial score (nSPS) is 24.7. The molecule has 6 nitrogen and oxygen atoms in total. The van der Waals surface area contributed by atoms with Crippen LogP contribution in [0, 0.1) is 5.41 Å². The van der Waals surface area contributed by atoms with Gasteiger partial charge in [0.25, 0.3) is 0 Å². The lowest BCUT2D eigenvalue weighted by Crippen LogP contribution is -2.61.